The van der Waals surface area contributed by atoms with Crippen LogP contribution in [0.4, 0.5) is 22.0 Å². The Kier molecular flexibility index (Phi) is 5.77. The second-order valence-corrected chi connectivity index (χ2v) is 7.34. The number of alkyl halides is 5. The molecule has 0 bridgehead atoms. The van der Waals surface area contributed by atoms with Crippen molar-refractivity contribution < 1.29 is 30.4 Å². The van der Waals surface area contributed by atoms with Gasteiger partial charge in [-0.2, -0.15) is 22.0 Å². The molecule has 0 radical (unpaired) electrons. The maximum absolute atomic E-state index is 12.6. The number of hydrogen-bond donors (Lipinski definition) is 1. The summed E-state index contributed by atoms with van der Waals surface area (Å²) < 4.78 is 84.0. The van der Waals surface area contributed by atoms with Crippen molar-refractivity contribution in [3.05, 3.63) is 0 Å². The molecule has 20 heavy (non-hydrogen) atoms. The van der Waals surface area contributed by atoms with Gasteiger partial charge in [-0.15, -0.1) is 0 Å². The van der Waals surface area contributed by atoms with Gasteiger partial charge in [-0.25, -0.2) is 8.42 Å². The van der Waals surface area contributed by atoms with Gasteiger partial charge in [0.1, 0.15) is 9.84 Å². The summed E-state index contributed by atoms with van der Waals surface area (Å²) in [7, 11) is -3.58. The molecule has 3 nitrogen and oxygen atoms in total. The fourth-order valence-corrected chi connectivity index (χ4v) is 3.51. The molecule has 0 spiro atoms. The molecule has 1 saturated heterocycles. The van der Waals surface area contributed by atoms with E-state index in [0.29, 0.717) is 6.42 Å². The van der Waals surface area contributed by atoms with E-state index in [2.05, 4.69) is 5.32 Å². The lowest BCUT2D eigenvalue weighted by Crippen LogP contribution is -2.36. The predicted molar refractivity (Wildman–Crippen MR) is 64.5 cm³/mol. The number of sulfone groups is 1. The van der Waals surface area contributed by atoms with E-state index in [9.17, 15) is 30.4 Å². The van der Waals surface area contributed by atoms with Crippen LogP contribution in [0.1, 0.15) is 32.1 Å². The molecule has 1 aliphatic rings. The zero-order valence-electron chi connectivity index (χ0n) is 10.8. The lowest BCUT2D eigenvalue weighted by molar-refractivity contribution is -0.284. The van der Waals surface area contributed by atoms with E-state index < -0.39 is 40.5 Å². The fourth-order valence-electron chi connectivity index (χ4n) is 2.08. The van der Waals surface area contributed by atoms with Gasteiger partial charge in [0.15, 0.2) is 0 Å². The van der Waals surface area contributed by atoms with E-state index in [4.69, 9.17) is 0 Å². The van der Waals surface area contributed by atoms with Crippen LogP contribution in [-0.4, -0.2) is 44.6 Å². The van der Waals surface area contributed by atoms with Crippen LogP contribution >= 0.6 is 0 Å². The molecule has 1 heterocycles. The topological polar surface area (TPSA) is 46.2 Å². The van der Waals surface area contributed by atoms with Gasteiger partial charge in [0.25, 0.3) is 0 Å². The van der Waals surface area contributed by atoms with Crippen LogP contribution in [0, 0.1) is 0 Å². The van der Waals surface area contributed by atoms with E-state index in [1.54, 1.807) is 0 Å². The van der Waals surface area contributed by atoms with Crippen molar-refractivity contribution in [1.29, 1.82) is 0 Å². The molecule has 1 unspecified atom stereocenters. The number of halogens is 5. The van der Waals surface area contributed by atoms with Crippen molar-refractivity contribution in [3.63, 3.8) is 0 Å². The molecule has 0 aromatic carbocycles. The molecule has 1 atom stereocenters. The van der Waals surface area contributed by atoms with Crippen LogP contribution < -0.4 is 5.32 Å². The average Bonchev–Trinajstić information content (AvgIpc) is 2.77. The third kappa shape index (κ3) is 5.51. The molecule has 1 fully saturated rings. The number of rotatable bonds is 7. The lowest BCUT2D eigenvalue weighted by atomic mass is 10.2. The van der Waals surface area contributed by atoms with Crippen LogP contribution in [0.5, 0.6) is 0 Å². The summed E-state index contributed by atoms with van der Waals surface area (Å²) >= 11 is 0. The second kappa shape index (κ2) is 6.55. The molecule has 120 valence electrons. The Hall–Kier alpha value is -0.440. The Labute approximate surface area is 114 Å². The van der Waals surface area contributed by atoms with Gasteiger partial charge in [-0.3, -0.25) is 0 Å². The van der Waals surface area contributed by atoms with Crippen LogP contribution in [0.3, 0.4) is 0 Å². The van der Waals surface area contributed by atoms with E-state index in [0.717, 1.165) is 19.4 Å². The first-order valence-corrected chi connectivity index (χ1v) is 8.24. The minimum absolute atomic E-state index is 0.0985. The first-order valence-electron chi connectivity index (χ1n) is 6.42. The molecular formula is C11H18F5NO2S. The smallest absolute Gasteiger partial charge is 0.314 e. The summed E-state index contributed by atoms with van der Waals surface area (Å²) in [6.07, 6.45) is -5.60. The zero-order chi connectivity index (χ0) is 15.4. The van der Waals surface area contributed by atoms with E-state index >= 15 is 0 Å². The van der Waals surface area contributed by atoms with Crippen LogP contribution in [0.2, 0.25) is 0 Å². The number of nitrogens with one attached hydrogen (secondary N) is 1. The third-order valence-electron chi connectivity index (χ3n) is 3.30. The average molecular weight is 323 g/mol. The molecule has 1 N–H and O–H groups in total. The summed E-state index contributed by atoms with van der Waals surface area (Å²) in [6, 6.07) is 0.0985. The summed E-state index contributed by atoms with van der Waals surface area (Å²) in [5.74, 6) is -5.64. The van der Waals surface area contributed by atoms with Crippen molar-refractivity contribution in [2.24, 2.45) is 0 Å². The monoisotopic (exact) mass is 323 g/mol. The largest absolute Gasteiger partial charge is 0.453 e. The lowest BCUT2D eigenvalue weighted by Gasteiger charge is -2.19. The highest BCUT2D eigenvalue weighted by Gasteiger charge is 2.56. The van der Waals surface area contributed by atoms with Gasteiger partial charge in [0, 0.05) is 12.5 Å². The van der Waals surface area contributed by atoms with Crippen molar-refractivity contribution in [1.82, 2.24) is 5.32 Å². The highest BCUT2D eigenvalue weighted by Crippen LogP contribution is 2.38. The molecule has 0 saturated carbocycles. The minimum Gasteiger partial charge on any atom is -0.314 e. The normalized spacial score (nSPS) is 21.4. The maximum Gasteiger partial charge on any atom is 0.453 e. The predicted octanol–water partition coefficient (Wildman–Crippen LogP) is 2.52. The van der Waals surface area contributed by atoms with Crippen molar-refractivity contribution >= 4 is 9.84 Å². The van der Waals surface area contributed by atoms with Crippen LogP contribution in [0.15, 0.2) is 0 Å². The molecule has 0 aromatic heterocycles. The highest BCUT2D eigenvalue weighted by atomic mass is 32.2. The SMILES string of the molecule is O=S(=O)(CCCC(F)(F)C(F)(F)F)CCC1CCCN1. The Morgan fingerprint density at radius 2 is 1.75 bits per heavy atom. The standard InChI is InChI=1S/C11H18F5NO2S/c12-10(13,11(14,15)16)5-2-7-20(18,19)8-4-9-3-1-6-17-9/h9,17H,1-8H2. The molecule has 0 amide bonds. The molecule has 0 aromatic rings. The molecule has 0 aliphatic carbocycles. The van der Waals surface area contributed by atoms with Gasteiger partial charge in [0.2, 0.25) is 0 Å². The molecular weight excluding hydrogens is 305 g/mol. The summed E-state index contributed by atoms with van der Waals surface area (Å²) in [4.78, 5) is 0. The van der Waals surface area contributed by atoms with Gasteiger partial charge < -0.3 is 5.32 Å². The molecule has 1 rings (SSSR count). The van der Waals surface area contributed by atoms with Crippen molar-refractivity contribution in [3.8, 4) is 0 Å². The van der Waals surface area contributed by atoms with Gasteiger partial charge in [-0.05, 0) is 32.2 Å². The summed E-state index contributed by atoms with van der Waals surface area (Å²) in [5, 5.41) is 3.10. The van der Waals surface area contributed by atoms with E-state index in [-0.39, 0.29) is 11.8 Å². The quantitative estimate of drug-likeness (QED) is 0.732. The van der Waals surface area contributed by atoms with Gasteiger partial charge in [-0.1, -0.05) is 0 Å². The van der Waals surface area contributed by atoms with E-state index in [1.165, 1.54) is 0 Å². The Morgan fingerprint density at radius 3 is 2.25 bits per heavy atom. The minimum atomic E-state index is -5.62. The first-order chi connectivity index (χ1) is 9.04. The molecule has 9 heteroatoms. The van der Waals surface area contributed by atoms with Crippen molar-refractivity contribution in [2.75, 3.05) is 18.1 Å². The Bertz CT molecular complexity index is 402. The second-order valence-electron chi connectivity index (χ2n) is 5.04. The van der Waals surface area contributed by atoms with Crippen LogP contribution in [-0.2, 0) is 9.84 Å². The van der Waals surface area contributed by atoms with E-state index in [1.807, 2.05) is 0 Å². The van der Waals surface area contributed by atoms with Gasteiger partial charge >= 0.3 is 12.1 Å². The fraction of sp³-hybridized carbons (Fsp3) is 1.00. The van der Waals surface area contributed by atoms with Crippen molar-refractivity contribution in [2.45, 2.75) is 50.2 Å². The highest BCUT2D eigenvalue weighted by molar-refractivity contribution is 7.91. The van der Waals surface area contributed by atoms with Gasteiger partial charge in [0.05, 0.1) is 11.5 Å². The Morgan fingerprint density at radius 1 is 1.10 bits per heavy atom. The summed E-state index contributed by atoms with van der Waals surface area (Å²) in [5.41, 5.74) is 0. The Balaban J connectivity index is 2.32. The third-order valence-corrected chi connectivity index (χ3v) is 5.07. The van der Waals surface area contributed by atoms with Crippen LogP contribution in [0.25, 0.3) is 0 Å². The first kappa shape index (κ1) is 17.6. The zero-order valence-corrected chi connectivity index (χ0v) is 11.7. The summed E-state index contributed by atoms with van der Waals surface area (Å²) in [6.45, 7) is 0.822. The molecule has 1 aliphatic heterocycles. The number of hydrogen-bond acceptors (Lipinski definition) is 3. The maximum atomic E-state index is 12.6.